The summed E-state index contributed by atoms with van der Waals surface area (Å²) in [5, 5.41) is 5.86. The van der Waals surface area contributed by atoms with Gasteiger partial charge in [-0.2, -0.15) is 5.10 Å². The Morgan fingerprint density at radius 3 is 2.75 bits per heavy atom. The molecule has 0 saturated heterocycles. The average Bonchev–Trinajstić information content (AvgIpc) is 2.48. The molecular weight excluding hydrogens is 164 g/mol. The Hall–Kier alpha value is -1.00. The zero-order chi connectivity index (χ0) is 8.97. The first-order valence-electron chi connectivity index (χ1n) is 3.93. The summed E-state index contributed by atoms with van der Waals surface area (Å²) in [6, 6.07) is 0. The topological polar surface area (TPSA) is 41.6 Å². The van der Waals surface area contributed by atoms with Gasteiger partial charge in [0.25, 0.3) is 6.43 Å². The first-order chi connectivity index (χ1) is 5.74. The minimum Gasteiger partial charge on any atom is -0.263 e. The number of halogens is 2. The standard InChI is InChI=1S/C7H11F2N3/c1-2-3-4-5-10-7(6(8)9)12-11-5/h6H,2-4H2,1H3,(H,10,11,12). The molecule has 5 heteroatoms. The highest BCUT2D eigenvalue weighted by molar-refractivity contribution is 4.91. The van der Waals surface area contributed by atoms with Crippen LogP contribution in [0.3, 0.4) is 0 Å². The van der Waals surface area contributed by atoms with E-state index in [0.29, 0.717) is 12.2 Å². The molecule has 3 nitrogen and oxygen atoms in total. The third-order valence-electron chi connectivity index (χ3n) is 1.51. The van der Waals surface area contributed by atoms with Gasteiger partial charge >= 0.3 is 0 Å². The lowest BCUT2D eigenvalue weighted by molar-refractivity contribution is 0.140. The summed E-state index contributed by atoms with van der Waals surface area (Å²) >= 11 is 0. The fraction of sp³-hybridized carbons (Fsp3) is 0.714. The van der Waals surface area contributed by atoms with Gasteiger partial charge in [0.15, 0.2) is 0 Å². The smallest absolute Gasteiger partial charge is 0.263 e. The quantitative estimate of drug-likeness (QED) is 0.761. The summed E-state index contributed by atoms with van der Waals surface area (Å²) < 4.78 is 23.9. The minimum absolute atomic E-state index is 0.402. The molecular formula is C7H11F2N3. The number of rotatable bonds is 4. The Kier molecular flexibility index (Phi) is 3.13. The number of aromatic amines is 1. The number of alkyl halides is 2. The van der Waals surface area contributed by atoms with E-state index in [-0.39, 0.29) is 0 Å². The molecule has 1 rings (SSSR count). The molecule has 68 valence electrons. The van der Waals surface area contributed by atoms with E-state index in [1.165, 1.54) is 0 Å². The second kappa shape index (κ2) is 4.13. The second-order valence-corrected chi connectivity index (χ2v) is 2.54. The van der Waals surface area contributed by atoms with Crippen LogP contribution in [0.25, 0.3) is 0 Å². The van der Waals surface area contributed by atoms with Crippen LogP contribution < -0.4 is 0 Å². The Labute approximate surface area is 69.2 Å². The van der Waals surface area contributed by atoms with Gasteiger partial charge in [0.2, 0.25) is 5.82 Å². The van der Waals surface area contributed by atoms with Gasteiger partial charge in [0, 0.05) is 6.42 Å². The molecule has 0 radical (unpaired) electrons. The van der Waals surface area contributed by atoms with Crippen molar-refractivity contribution in [1.29, 1.82) is 0 Å². The van der Waals surface area contributed by atoms with E-state index in [1.807, 2.05) is 6.92 Å². The number of hydrogen-bond donors (Lipinski definition) is 1. The average molecular weight is 175 g/mol. The Morgan fingerprint density at radius 2 is 2.25 bits per heavy atom. The molecule has 0 spiro atoms. The molecule has 0 amide bonds. The van der Waals surface area contributed by atoms with E-state index in [0.717, 1.165) is 12.8 Å². The van der Waals surface area contributed by atoms with Gasteiger partial charge in [-0.15, -0.1) is 0 Å². The van der Waals surface area contributed by atoms with Crippen LogP contribution >= 0.6 is 0 Å². The molecule has 0 aliphatic carbocycles. The zero-order valence-electron chi connectivity index (χ0n) is 6.85. The summed E-state index contributed by atoms with van der Waals surface area (Å²) in [6.07, 6.45) is 0.0790. The number of hydrogen-bond acceptors (Lipinski definition) is 2. The van der Waals surface area contributed by atoms with Crippen molar-refractivity contribution >= 4 is 0 Å². The Balaban J connectivity index is 2.52. The highest BCUT2D eigenvalue weighted by Gasteiger charge is 2.12. The molecule has 0 aliphatic rings. The molecule has 1 N–H and O–H groups in total. The van der Waals surface area contributed by atoms with Crippen LogP contribution in [0, 0.1) is 0 Å². The summed E-state index contributed by atoms with van der Waals surface area (Å²) in [4.78, 5) is 3.63. The molecule has 0 bridgehead atoms. The van der Waals surface area contributed by atoms with E-state index >= 15 is 0 Å². The lowest BCUT2D eigenvalue weighted by atomic mass is 10.2. The predicted octanol–water partition coefficient (Wildman–Crippen LogP) is 2.08. The second-order valence-electron chi connectivity index (χ2n) is 2.54. The number of H-pyrrole nitrogens is 1. The van der Waals surface area contributed by atoms with E-state index < -0.39 is 12.2 Å². The third kappa shape index (κ3) is 2.25. The number of aromatic nitrogens is 3. The van der Waals surface area contributed by atoms with Crippen LogP contribution in [-0.4, -0.2) is 15.2 Å². The normalized spacial score (nSPS) is 11.0. The van der Waals surface area contributed by atoms with Crippen molar-refractivity contribution in [2.75, 3.05) is 0 Å². The molecule has 0 unspecified atom stereocenters. The molecule has 1 aromatic rings. The van der Waals surface area contributed by atoms with Crippen molar-refractivity contribution in [1.82, 2.24) is 15.2 Å². The van der Waals surface area contributed by atoms with Crippen LogP contribution in [0.15, 0.2) is 0 Å². The van der Waals surface area contributed by atoms with E-state index in [2.05, 4.69) is 15.2 Å². The van der Waals surface area contributed by atoms with Crippen molar-refractivity contribution in [2.24, 2.45) is 0 Å². The summed E-state index contributed by atoms with van der Waals surface area (Å²) in [5.74, 6) is 0.147. The maximum Gasteiger partial charge on any atom is 0.299 e. The fourth-order valence-corrected chi connectivity index (χ4v) is 0.864. The molecule has 0 atom stereocenters. The van der Waals surface area contributed by atoms with Crippen LogP contribution in [0.2, 0.25) is 0 Å². The van der Waals surface area contributed by atoms with E-state index in [1.54, 1.807) is 0 Å². The summed E-state index contributed by atoms with van der Waals surface area (Å²) in [7, 11) is 0. The van der Waals surface area contributed by atoms with Crippen molar-refractivity contribution in [3.8, 4) is 0 Å². The van der Waals surface area contributed by atoms with Crippen LogP contribution in [0.1, 0.15) is 37.8 Å². The number of nitrogens with zero attached hydrogens (tertiary/aromatic N) is 2. The van der Waals surface area contributed by atoms with Gasteiger partial charge < -0.3 is 0 Å². The highest BCUT2D eigenvalue weighted by atomic mass is 19.3. The van der Waals surface area contributed by atoms with Gasteiger partial charge in [-0.3, -0.25) is 5.10 Å². The number of unbranched alkanes of at least 4 members (excludes halogenated alkanes) is 1. The van der Waals surface area contributed by atoms with Gasteiger partial charge in [0.1, 0.15) is 5.82 Å². The van der Waals surface area contributed by atoms with Gasteiger partial charge in [-0.05, 0) is 6.42 Å². The molecule has 0 aromatic carbocycles. The van der Waals surface area contributed by atoms with Crippen molar-refractivity contribution in [2.45, 2.75) is 32.6 Å². The highest BCUT2D eigenvalue weighted by Crippen LogP contribution is 2.13. The Bertz CT molecular complexity index is 234. The number of nitrogens with one attached hydrogen (secondary N) is 1. The SMILES string of the molecule is CCCCc1nc(C(F)F)n[nH]1. The molecule has 0 fully saturated rings. The molecule has 0 aliphatic heterocycles. The van der Waals surface area contributed by atoms with Gasteiger partial charge in [-0.25, -0.2) is 13.8 Å². The van der Waals surface area contributed by atoms with Crippen LogP contribution in [0.5, 0.6) is 0 Å². The van der Waals surface area contributed by atoms with E-state index in [4.69, 9.17) is 0 Å². The van der Waals surface area contributed by atoms with E-state index in [9.17, 15) is 8.78 Å². The molecule has 1 heterocycles. The molecule has 1 aromatic heterocycles. The minimum atomic E-state index is -2.57. The first kappa shape index (κ1) is 9.09. The maximum atomic E-state index is 12.0. The summed E-state index contributed by atoms with van der Waals surface area (Å²) in [6.45, 7) is 2.03. The van der Waals surface area contributed by atoms with Crippen molar-refractivity contribution < 1.29 is 8.78 Å². The lowest BCUT2D eigenvalue weighted by Crippen LogP contribution is -1.89. The summed E-state index contributed by atoms with van der Waals surface area (Å²) in [5.41, 5.74) is 0. The largest absolute Gasteiger partial charge is 0.299 e. The number of aryl methyl sites for hydroxylation is 1. The monoisotopic (exact) mass is 175 g/mol. The Morgan fingerprint density at radius 1 is 1.50 bits per heavy atom. The van der Waals surface area contributed by atoms with Gasteiger partial charge in [-0.1, -0.05) is 13.3 Å². The molecule has 0 saturated carbocycles. The first-order valence-corrected chi connectivity index (χ1v) is 3.93. The zero-order valence-corrected chi connectivity index (χ0v) is 6.85. The lowest BCUT2D eigenvalue weighted by Gasteiger charge is -1.90. The predicted molar refractivity (Wildman–Crippen MR) is 40.0 cm³/mol. The van der Waals surface area contributed by atoms with Crippen LogP contribution in [0.4, 0.5) is 8.78 Å². The van der Waals surface area contributed by atoms with Crippen molar-refractivity contribution in [3.05, 3.63) is 11.6 Å². The molecule has 12 heavy (non-hydrogen) atoms. The fourth-order valence-electron chi connectivity index (χ4n) is 0.864. The maximum absolute atomic E-state index is 12.0. The van der Waals surface area contributed by atoms with Crippen molar-refractivity contribution in [3.63, 3.8) is 0 Å². The van der Waals surface area contributed by atoms with Gasteiger partial charge in [0.05, 0.1) is 0 Å². The third-order valence-corrected chi connectivity index (χ3v) is 1.51. The van der Waals surface area contributed by atoms with Crippen LogP contribution in [-0.2, 0) is 6.42 Å².